The molecule has 0 saturated carbocycles. The van der Waals surface area contributed by atoms with Gasteiger partial charge in [0.2, 0.25) is 5.91 Å². The highest BCUT2D eigenvalue weighted by atomic mass is 35.5. The lowest BCUT2D eigenvalue weighted by atomic mass is 9.92. The third-order valence-electron chi connectivity index (χ3n) is 5.06. The number of carbonyl (C=O) groups is 1. The lowest BCUT2D eigenvalue weighted by Gasteiger charge is -2.32. The van der Waals surface area contributed by atoms with Crippen molar-refractivity contribution in [3.63, 3.8) is 0 Å². The van der Waals surface area contributed by atoms with E-state index in [9.17, 15) is 4.79 Å². The number of benzene rings is 1. The van der Waals surface area contributed by atoms with Gasteiger partial charge < -0.3 is 15.8 Å². The number of nitrogens with one attached hydrogen (secondary N) is 1. The van der Waals surface area contributed by atoms with E-state index in [-0.39, 0.29) is 42.7 Å². The summed E-state index contributed by atoms with van der Waals surface area (Å²) in [5, 5.41) is 3.77. The number of likely N-dealkylation sites (N-methyl/N-ethyl adjacent to an activating group) is 1. The van der Waals surface area contributed by atoms with Crippen molar-refractivity contribution in [2.45, 2.75) is 38.8 Å². The molecule has 1 saturated heterocycles. The van der Waals surface area contributed by atoms with E-state index in [1.807, 2.05) is 24.3 Å². The second-order valence-electron chi connectivity index (χ2n) is 6.48. The van der Waals surface area contributed by atoms with E-state index in [2.05, 4.69) is 24.1 Å². The van der Waals surface area contributed by atoms with Crippen LogP contribution in [-0.2, 0) is 9.53 Å². The van der Waals surface area contributed by atoms with Gasteiger partial charge in [0, 0.05) is 24.8 Å². The van der Waals surface area contributed by atoms with E-state index in [1.165, 1.54) is 0 Å². The fourth-order valence-corrected chi connectivity index (χ4v) is 3.71. The Labute approximate surface area is 180 Å². The highest BCUT2D eigenvalue weighted by Crippen LogP contribution is 2.27. The molecule has 1 aliphatic rings. The summed E-state index contributed by atoms with van der Waals surface area (Å²) in [6.07, 6.45) is 1.69. The molecule has 5 nitrogen and oxygen atoms in total. The van der Waals surface area contributed by atoms with Gasteiger partial charge in [0.1, 0.15) is 0 Å². The SMILES string of the molecule is CCN(CC)C(CNC(=O)C(N)C1CCOCC1)c1ccccc1Cl.Cl.Cl. The second kappa shape index (κ2) is 13.6. The lowest BCUT2D eigenvalue weighted by Crippen LogP contribution is -2.49. The minimum absolute atomic E-state index is 0. The molecule has 27 heavy (non-hydrogen) atoms. The summed E-state index contributed by atoms with van der Waals surface area (Å²) in [7, 11) is 0. The Morgan fingerprint density at radius 1 is 1.26 bits per heavy atom. The maximum absolute atomic E-state index is 12.5. The summed E-state index contributed by atoms with van der Waals surface area (Å²) in [4.78, 5) is 14.8. The molecule has 0 bridgehead atoms. The summed E-state index contributed by atoms with van der Waals surface area (Å²) in [6, 6.07) is 7.37. The zero-order valence-corrected chi connectivity index (χ0v) is 18.4. The zero-order valence-electron chi connectivity index (χ0n) is 16.0. The summed E-state index contributed by atoms with van der Waals surface area (Å²) in [5.41, 5.74) is 7.22. The first-order valence-corrected chi connectivity index (χ1v) is 9.55. The van der Waals surface area contributed by atoms with Crippen LogP contribution >= 0.6 is 36.4 Å². The number of nitrogens with two attached hydrogens (primary N) is 1. The van der Waals surface area contributed by atoms with Crippen LogP contribution in [0, 0.1) is 5.92 Å². The van der Waals surface area contributed by atoms with Crippen molar-refractivity contribution in [2.24, 2.45) is 11.7 Å². The first kappa shape index (κ1) is 26.4. The first-order chi connectivity index (χ1) is 12.1. The van der Waals surface area contributed by atoms with E-state index in [4.69, 9.17) is 22.1 Å². The number of amides is 1. The molecule has 1 aliphatic heterocycles. The Hall–Kier alpha value is -0.560. The van der Waals surface area contributed by atoms with Gasteiger partial charge in [-0.3, -0.25) is 9.69 Å². The van der Waals surface area contributed by atoms with Gasteiger partial charge in [0.05, 0.1) is 12.1 Å². The van der Waals surface area contributed by atoms with Crippen LogP contribution in [0.2, 0.25) is 5.02 Å². The normalized spacial score (nSPS) is 16.8. The van der Waals surface area contributed by atoms with Crippen molar-refractivity contribution in [3.8, 4) is 0 Å². The van der Waals surface area contributed by atoms with Crippen LogP contribution < -0.4 is 11.1 Å². The third kappa shape index (κ3) is 7.41. The summed E-state index contributed by atoms with van der Waals surface area (Å²) < 4.78 is 5.35. The number of ether oxygens (including phenoxy) is 1. The van der Waals surface area contributed by atoms with E-state index in [0.717, 1.165) is 36.5 Å². The Morgan fingerprint density at radius 2 is 1.85 bits per heavy atom. The van der Waals surface area contributed by atoms with Gasteiger partial charge in [-0.25, -0.2) is 0 Å². The molecule has 2 atom stereocenters. The zero-order chi connectivity index (χ0) is 18.2. The Kier molecular flexibility index (Phi) is 13.3. The van der Waals surface area contributed by atoms with Crippen molar-refractivity contribution < 1.29 is 9.53 Å². The molecule has 156 valence electrons. The predicted octanol–water partition coefficient (Wildman–Crippen LogP) is 3.44. The van der Waals surface area contributed by atoms with Crippen molar-refractivity contribution in [2.75, 3.05) is 32.8 Å². The van der Waals surface area contributed by atoms with Gasteiger partial charge >= 0.3 is 0 Å². The monoisotopic (exact) mass is 439 g/mol. The minimum Gasteiger partial charge on any atom is -0.381 e. The van der Waals surface area contributed by atoms with Crippen LogP contribution in [0.3, 0.4) is 0 Å². The Balaban J connectivity index is 0.00000338. The van der Waals surface area contributed by atoms with Gasteiger partial charge in [-0.1, -0.05) is 43.6 Å². The number of nitrogens with zero attached hydrogens (tertiary/aromatic N) is 1. The van der Waals surface area contributed by atoms with Crippen LogP contribution in [-0.4, -0.2) is 49.7 Å². The quantitative estimate of drug-likeness (QED) is 0.650. The van der Waals surface area contributed by atoms with Gasteiger partial charge in [-0.2, -0.15) is 0 Å². The molecule has 0 aromatic heterocycles. The number of hydrogen-bond acceptors (Lipinski definition) is 4. The van der Waals surface area contributed by atoms with Crippen molar-refractivity contribution in [1.29, 1.82) is 0 Å². The van der Waals surface area contributed by atoms with Crippen LogP contribution in [0.5, 0.6) is 0 Å². The molecule has 8 heteroatoms. The molecule has 1 fully saturated rings. The van der Waals surface area contributed by atoms with Crippen LogP contribution in [0.4, 0.5) is 0 Å². The summed E-state index contributed by atoms with van der Waals surface area (Å²) >= 11 is 6.40. The third-order valence-corrected chi connectivity index (χ3v) is 5.41. The number of rotatable bonds is 8. The molecule has 2 rings (SSSR count). The molecular weight excluding hydrogens is 409 g/mol. The molecule has 1 amide bonds. The fourth-order valence-electron chi connectivity index (χ4n) is 3.45. The molecule has 1 aromatic carbocycles. The molecule has 3 N–H and O–H groups in total. The molecule has 1 heterocycles. The Bertz CT molecular complexity index is 553. The maximum atomic E-state index is 12.5. The minimum atomic E-state index is -0.479. The standard InChI is InChI=1S/C19H30ClN3O2.2ClH/c1-3-23(4-2)17(15-7-5-6-8-16(15)20)13-22-19(24)18(21)14-9-11-25-12-10-14;;/h5-8,14,17-18H,3-4,9-13,21H2,1-2H3,(H,22,24);2*1H. The van der Waals surface area contributed by atoms with E-state index in [1.54, 1.807) is 0 Å². The van der Waals surface area contributed by atoms with E-state index >= 15 is 0 Å². The molecule has 0 radical (unpaired) electrons. The van der Waals surface area contributed by atoms with Crippen LogP contribution in [0.1, 0.15) is 38.3 Å². The highest BCUT2D eigenvalue weighted by Gasteiger charge is 2.28. The van der Waals surface area contributed by atoms with Crippen molar-refractivity contribution >= 4 is 42.3 Å². The number of halogens is 3. The molecular formula is C19H32Cl3N3O2. The van der Waals surface area contributed by atoms with Gasteiger partial charge in [-0.05, 0) is 43.5 Å². The molecule has 1 aromatic rings. The first-order valence-electron chi connectivity index (χ1n) is 9.17. The van der Waals surface area contributed by atoms with Crippen LogP contribution in [0.25, 0.3) is 0 Å². The average Bonchev–Trinajstić information content (AvgIpc) is 2.65. The molecule has 0 spiro atoms. The van der Waals surface area contributed by atoms with Crippen molar-refractivity contribution in [3.05, 3.63) is 34.9 Å². The largest absolute Gasteiger partial charge is 0.381 e. The van der Waals surface area contributed by atoms with Gasteiger partial charge in [0.15, 0.2) is 0 Å². The summed E-state index contributed by atoms with van der Waals surface area (Å²) in [6.45, 7) is 7.87. The van der Waals surface area contributed by atoms with Gasteiger partial charge in [-0.15, -0.1) is 24.8 Å². The number of hydrogen-bond donors (Lipinski definition) is 2. The smallest absolute Gasteiger partial charge is 0.237 e. The van der Waals surface area contributed by atoms with E-state index < -0.39 is 6.04 Å². The second-order valence-corrected chi connectivity index (χ2v) is 6.89. The number of carbonyl (C=O) groups excluding carboxylic acids is 1. The molecule has 0 aliphatic carbocycles. The van der Waals surface area contributed by atoms with Crippen LogP contribution in [0.15, 0.2) is 24.3 Å². The maximum Gasteiger partial charge on any atom is 0.237 e. The molecule has 2 unspecified atom stereocenters. The average molecular weight is 441 g/mol. The van der Waals surface area contributed by atoms with Crippen molar-refractivity contribution in [1.82, 2.24) is 10.2 Å². The highest BCUT2D eigenvalue weighted by molar-refractivity contribution is 6.31. The summed E-state index contributed by atoms with van der Waals surface area (Å²) in [5.74, 6) is 0.108. The lowest BCUT2D eigenvalue weighted by molar-refractivity contribution is -0.124. The van der Waals surface area contributed by atoms with Gasteiger partial charge in [0.25, 0.3) is 0 Å². The van der Waals surface area contributed by atoms with E-state index in [0.29, 0.717) is 19.8 Å². The topological polar surface area (TPSA) is 67.6 Å². The Morgan fingerprint density at radius 3 is 2.41 bits per heavy atom. The fraction of sp³-hybridized carbons (Fsp3) is 0.632. The predicted molar refractivity (Wildman–Crippen MR) is 116 cm³/mol.